The summed E-state index contributed by atoms with van der Waals surface area (Å²) in [6.07, 6.45) is 0. The Labute approximate surface area is 52.3 Å². The Morgan fingerprint density at radius 1 is 1.22 bits per heavy atom. The molecule has 1 saturated carbocycles. The van der Waals surface area contributed by atoms with Gasteiger partial charge in [-0.05, 0) is 5.57 Å². The van der Waals surface area contributed by atoms with E-state index in [-0.39, 0.29) is 0 Å². The van der Waals surface area contributed by atoms with E-state index in [0.29, 0.717) is 5.57 Å². The molecule has 1 aliphatic carbocycles. The predicted octanol–water partition coefficient (Wildman–Crippen LogP) is 0.445. The zero-order valence-electron chi connectivity index (χ0n) is 4.50. The van der Waals surface area contributed by atoms with Crippen LogP contribution in [0.15, 0.2) is 5.57 Å². The van der Waals surface area contributed by atoms with E-state index in [9.17, 15) is 0 Å². The van der Waals surface area contributed by atoms with Gasteiger partial charge in [0.15, 0.2) is 0 Å². The van der Waals surface area contributed by atoms with Crippen LogP contribution in [0.25, 0.3) is 5.41 Å². The van der Waals surface area contributed by atoms with Gasteiger partial charge in [0.25, 0.3) is 0 Å². The maximum Gasteiger partial charge on any atom is 0.0944 e. The standard InChI is InChI=1S/C6H2N3/c7-1-4-5(2-8)6(4)3-9/h4-5H/q-1/t4-,5+. The fourth-order valence-electron chi connectivity index (χ4n) is 0.690. The second-order valence-corrected chi connectivity index (χ2v) is 1.78. The van der Waals surface area contributed by atoms with Crippen molar-refractivity contribution in [2.45, 2.75) is 0 Å². The largest absolute Gasteiger partial charge is 0.763 e. The van der Waals surface area contributed by atoms with Gasteiger partial charge in [-0.3, -0.25) is 5.87 Å². The van der Waals surface area contributed by atoms with Crippen molar-refractivity contribution in [3.8, 4) is 12.1 Å². The Morgan fingerprint density at radius 3 is 1.78 bits per heavy atom. The van der Waals surface area contributed by atoms with Crippen molar-refractivity contribution < 1.29 is 0 Å². The van der Waals surface area contributed by atoms with Gasteiger partial charge >= 0.3 is 0 Å². The first kappa shape index (κ1) is 5.56. The maximum atomic E-state index is 8.24. The summed E-state index contributed by atoms with van der Waals surface area (Å²) >= 11 is 0. The Hall–Kier alpha value is -1.57. The van der Waals surface area contributed by atoms with Crippen molar-refractivity contribution in [3.63, 3.8) is 0 Å². The van der Waals surface area contributed by atoms with Crippen LogP contribution in [0.2, 0.25) is 0 Å². The van der Waals surface area contributed by atoms with Crippen LogP contribution in [0, 0.1) is 34.5 Å². The van der Waals surface area contributed by atoms with E-state index < -0.39 is 11.8 Å². The highest BCUT2D eigenvalue weighted by Gasteiger charge is 2.43. The highest BCUT2D eigenvalue weighted by molar-refractivity contribution is 5.71. The second-order valence-electron chi connectivity index (χ2n) is 1.78. The van der Waals surface area contributed by atoms with Crippen LogP contribution < -0.4 is 0 Å². The van der Waals surface area contributed by atoms with Gasteiger partial charge in [-0.2, -0.15) is 10.5 Å². The summed E-state index contributed by atoms with van der Waals surface area (Å²) in [5.74, 6) is 1.01. The van der Waals surface area contributed by atoms with Gasteiger partial charge in [0.2, 0.25) is 0 Å². The monoisotopic (exact) mass is 116 g/mol. The van der Waals surface area contributed by atoms with Gasteiger partial charge < -0.3 is 5.41 Å². The van der Waals surface area contributed by atoms with Crippen molar-refractivity contribution in [2.75, 3.05) is 0 Å². The molecule has 0 aromatic rings. The van der Waals surface area contributed by atoms with Gasteiger partial charge in [-0.1, -0.05) is 0 Å². The quantitative estimate of drug-likeness (QED) is 0.431. The molecule has 3 nitrogen and oxygen atoms in total. The van der Waals surface area contributed by atoms with Gasteiger partial charge in [0.05, 0.1) is 24.0 Å². The topological polar surface area (TPSA) is 69.9 Å². The molecule has 0 aromatic carbocycles. The molecule has 0 aromatic heterocycles. The van der Waals surface area contributed by atoms with E-state index in [1.165, 1.54) is 0 Å². The first-order chi connectivity index (χ1) is 4.35. The van der Waals surface area contributed by atoms with Crippen molar-refractivity contribution in [1.29, 1.82) is 10.5 Å². The zero-order valence-corrected chi connectivity index (χ0v) is 4.50. The number of nitriles is 2. The number of hydrogen-bond acceptors (Lipinski definition) is 2. The lowest BCUT2D eigenvalue weighted by Crippen LogP contribution is -1.67. The molecule has 0 heterocycles. The van der Waals surface area contributed by atoms with E-state index in [1.54, 1.807) is 0 Å². The minimum atomic E-state index is -0.403. The average Bonchev–Trinajstić information content (AvgIpc) is 2.59. The number of nitrogens with zero attached hydrogens (tertiary/aromatic N) is 3. The van der Waals surface area contributed by atoms with E-state index in [4.69, 9.17) is 15.9 Å². The summed E-state index contributed by atoms with van der Waals surface area (Å²) in [5, 5.41) is 24.7. The molecule has 0 radical (unpaired) electrons. The van der Waals surface area contributed by atoms with Gasteiger partial charge in [0.1, 0.15) is 0 Å². The highest BCUT2D eigenvalue weighted by atomic mass is 14.5. The van der Waals surface area contributed by atoms with Crippen molar-refractivity contribution in [2.24, 2.45) is 11.8 Å². The molecule has 0 N–H and O–H groups in total. The third-order valence-electron chi connectivity index (χ3n) is 1.30. The SMILES string of the molecule is N#C[C@@H]1C(=C=[N-])[C@@H]1C#N. The molecule has 0 bridgehead atoms. The molecule has 0 spiro atoms. The lowest BCUT2D eigenvalue weighted by atomic mass is 10.4. The molecule has 42 valence electrons. The molecule has 1 rings (SSSR count). The highest BCUT2D eigenvalue weighted by Crippen LogP contribution is 2.42. The van der Waals surface area contributed by atoms with Crippen LogP contribution in [0.3, 0.4) is 0 Å². The smallest absolute Gasteiger partial charge is 0.0944 e. The Balaban J connectivity index is 2.84. The summed E-state index contributed by atoms with van der Waals surface area (Å²) < 4.78 is 0. The van der Waals surface area contributed by atoms with Crippen molar-refractivity contribution >= 4 is 5.87 Å². The summed E-state index contributed by atoms with van der Waals surface area (Å²) in [5.41, 5.74) is 0.417. The van der Waals surface area contributed by atoms with Crippen LogP contribution in [0.5, 0.6) is 0 Å². The molecule has 1 aliphatic rings. The fraction of sp³-hybridized carbons (Fsp3) is 0.333. The molecular weight excluding hydrogens is 114 g/mol. The maximum absolute atomic E-state index is 8.24. The van der Waals surface area contributed by atoms with Crippen molar-refractivity contribution in [3.05, 3.63) is 11.0 Å². The normalized spacial score (nSPS) is 29.8. The minimum absolute atomic E-state index is 0.403. The van der Waals surface area contributed by atoms with Crippen LogP contribution in [-0.2, 0) is 0 Å². The van der Waals surface area contributed by atoms with Crippen LogP contribution in [0.4, 0.5) is 0 Å². The molecule has 9 heavy (non-hydrogen) atoms. The summed E-state index contributed by atoms with van der Waals surface area (Å²) in [7, 11) is 0. The van der Waals surface area contributed by atoms with E-state index >= 15 is 0 Å². The average molecular weight is 116 g/mol. The molecule has 0 aliphatic heterocycles. The van der Waals surface area contributed by atoms with Gasteiger partial charge in [-0.25, -0.2) is 0 Å². The number of hydrogen-bond donors (Lipinski definition) is 0. The third kappa shape index (κ3) is 0.606. The van der Waals surface area contributed by atoms with E-state index in [0.717, 1.165) is 0 Å². The lowest BCUT2D eigenvalue weighted by Gasteiger charge is -1.63. The minimum Gasteiger partial charge on any atom is -0.763 e. The molecular formula is C6H2N3-. The second kappa shape index (κ2) is 1.74. The molecule has 0 unspecified atom stereocenters. The third-order valence-corrected chi connectivity index (χ3v) is 1.30. The number of rotatable bonds is 0. The molecule has 0 saturated heterocycles. The molecule has 3 heteroatoms. The first-order valence-electron chi connectivity index (χ1n) is 2.41. The Kier molecular flexibility index (Phi) is 1.08. The van der Waals surface area contributed by atoms with Crippen LogP contribution in [0.1, 0.15) is 0 Å². The van der Waals surface area contributed by atoms with Crippen LogP contribution in [-0.4, -0.2) is 5.87 Å². The summed E-state index contributed by atoms with van der Waals surface area (Å²) in [6.45, 7) is 0. The summed E-state index contributed by atoms with van der Waals surface area (Å²) in [6, 6.07) is 3.72. The first-order valence-corrected chi connectivity index (χ1v) is 2.41. The predicted molar refractivity (Wildman–Crippen MR) is 30.1 cm³/mol. The van der Waals surface area contributed by atoms with Crippen LogP contribution >= 0.6 is 0 Å². The lowest BCUT2D eigenvalue weighted by molar-refractivity contribution is 1.02. The molecule has 0 amide bonds. The fourth-order valence-corrected chi connectivity index (χ4v) is 0.690. The van der Waals surface area contributed by atoms with Crippen molar-refractivity contribution in [1.82, 2.24) is 0 Å². The Bertz CT molecular complexity index is 237. The van der Waals surface area contributed by atoms with Gasteiger partial charge in [-0.15, -0.1) is 0 Å². The molecule has 2 atom stereocenters. The Morgan fingerprint density at radius 2 is 1.67 bits per heavy atom. The zero-order chi connectivity index (χ0) is 6.85. The summed E-state index contributed by atoms with van der Waals surface area (Å²) in [4.78, 5) is 0. The number of allylic oxidation sites excluding steroid dienone is 1. The molecule has 1 fully saturated rings. The van der Waals surface area contributed by atoms with E-state index in [2.05, 4.69) is 0 Å². The van der Waals surface area contributed by atoms with E-state index in [1.807, 2.05) is 18.0 Å². The van der Waals surface area contributed by atoms with Gasteiger partial charge in [0, 0.05) is 0 Å².